The van der Waals surface area contributed by atoms with E-state index in [1.54, 1.807) is 6.20 Å². The topological polar surface area (TPSA) is 56.7 Å². The van der Waals surface area contributed by atoms with Crippen LogP contribution in [0.3, 0.4) is 0 Å². The Morgan fingerprint density at radius 2 is 2.20 bits per heavy atom. The summed E-state index contributed by atoms with van der Waals surface area (Å²) in [6.45, 7) is 5.19. The SMILES string of the molecule is O=C(O)c1ncccc1CN1CCCN2CCCC2C1. The lowest BCUT2D eigenvalue weighted by molar-refractivity contribution is 0.0687. The van der Waals surface area contributed by atoms with Gasteiger partial charge < -0.3 is 5.11 Å². The smallest absolute Gasteiger partial charge is 0.354 e. The molecule has 2 saturated heterocycles. The molecule has 0 bridgehead atoms. The molecule has 2 aliphatic rings. The van der Waals surface area contributed by atoms with Gasteiger partial charge in [0.2, 0.25) is 0 Å². The van der Waals surface area contributed by atoms with Gasteiger partial charge in [0, 0.05) is 25.3 Å². The molecular formula is C15H21N3O2. The molecule has 1 N–H and O–H groups in total. The van der Waals surface area contributed by atoms with E-state index in [0.717, 1.165) is 18.7 Å². The standard InChI is InChI=1S/C15H21N3O2/c19-15(20)14-12(4-1-6-16-14)10-17-7-3-9-18-8-2-5-13(18)11-17/h1,4,6,13H,2-3,5,7-11H2,(H,19,20). The van der Waals surface area contributed by atoms with E-state index in [1.807, 2.05) is 12.1 Å². The Morgan fingerprint density at radius 1 is 1.35 bits per heavy atom. The summed E-state index contributed by atoms with van der Waals surface area (Å²) in [4.78, 5) is 20.2. The van der Waals surface area contributed by atoms with Gasteiger partial charge in [-0.05, 0) is 50.5 Å². The van der Waals surface area contributed by atoms with Crippen molar-refractivity contribution in [3.63, 3.8) is 0 Å². The first kappa shape index (κ1) is 13.5. The molecule has 5 nitrogen and oxygen atoms in total. The number of nitrogens with zero attached hydrogens (tertiary/aromatic N) is 3. The number of hydrogen-bond acceptors (Lipinski definition) is 4. The van der Waals surface area contributed by atoms with E-state index in [2.05, 4.69) is 14.8 Å². The minimum absolute atomic E-state index is 0.194. The number of carboxylic acids is 1. The van der Waals surface area contributed by atoms with Crippen LogP contribution in [-0.2, 0) is 6.54 Å². The normalized spacial score (nSPS) is 24.3. The zero-order valence-corrected chi connectivity index (χ0v) is 11.7. The van der Waals surface area contributed by atoms with Gasteiger partial charge in [-0.3, -0.25) is 9.80 Å². The van der Waals surface area contributed by atoms with Gasteiger partial charge in [-0.25, -0.2) is 9.78 Å². The van der Waals surface area contributed by atoms with Crippen LogP contribution in [0.1, 0.15) is 35.3 Å². The highest BCUT2D eigenvalue weighted by Gasteiger charge is 2.29. The number of hydrogen-bond donors (Lipinski definition) is 1. The number of carboxylic acid groups (broad SMARTS) is 1. The average molecular weight is 275 g/mol. The second-order valence-corrected chi connectivity index (χ2v) is 5.74. The Kier molecular flexibility index (Phi) is 3.98. The fraction of sp³-hybridized carbons (Fsp3) is 0.600. The molecule has 5 heteroatoms. The second kappa shape index (κ2) is 5.89. The lowest BCUT2D eigenvalue weighted by atomic mass is 10.1. The van der Waals surface area contributed by atoms with Crippen LogP contribution in [0.2, 0.25) is 0 Å². The fourth-order valence-corrected chi connectivity index (χ4v) is 3.43. The van der Waals surface area contributed by atoms with E-state index in [0.29, 0.717) is 12.6 Å². The summed E-state index contributed by atoms with van der Waals surface area (Å²) < 4.78 is 0. The molecule has 2 aliphatic heterocycles. The van der Waals surface area contributed by atoms with Crippen molar-refractivity contribution >= 4 is 5.97 Å². The molecule has 0 spiro atoms. The molecule has 0 amide bonds. The Morgan fingerprint density at radius 3 is 3.05 bits per heavy atom. The Bertz CT molecular complexity index is 492. The van der Waals surface area contributed by atoms with Crippen molar-refractivity contribution in [3.05, 3.63) is 29.6 Å². The van der Waals surface area contributed by atoms with Crippen LogP contribution in [0.4, 0.5) is 0 Å². The molecule has 108 valence electrons. The van der Waals surface area contributed by atoms with Gasteiger partial charge in [-0.1, -0.05) is 6.07 Å². The van der Waals surface area contributed by atoms with E-state index in [9.17, 15) is 9.90 Å². The number of carbonyl (C=O) groups is 1. The quantitative estimate of drug-likeness (QED) is 0.905. The molecule has 1 unspecified atom stereocenters. The highest BCUT2D eigenvalue weighted by molar-refractivity contribution is 5.86. The maximum atomic E-state index is 11.2. The molecule has 1 aromatic heterocycles. The van der Waals surface area contributed by atoms with Crippen molar-refractivity contribution in [2.75, 3.05) is 26.2 Å². The number of aromatic carboxylic acids is 1. The van der Waals surface area contributed by atoms with Crippen molar-refractivity contribution in [3.8, 4) is 0 Å². The van der Waals surface area contributed by atoms with Gasteiger partial charge in [-0.15, -0.1) is 0 Å². The summed E-state index contributed by atoms with van der Waals surface area (Å²) in [6, 6.07) is 4.36. The predicted octanol–water partition coefficient (Wildman–Crippen LogP) is 1.45. The van der Waals surface area contributed by atoms with Gasteiger partial charge in [0.15, 0.2) is 5.69 Å². The number of aromatic nitrogens is 1. The third-order valence-corrected chi connectivity index (χ3v) is 4.38. The van der Waals surface area contributed by atoms with Crippen molar-refractivity contribution in [1.29, 1.82) is 0 Å². The summed E-state index contributed by atoms with van der Waals surface area (Å²) in [5, 5.41) is 9.21. The molecule has 2 fully saturated rings. The summed E-state index contributed by atoms with van der Waals surface area (Å²) in [7, 11) is 0. The van der Waals surface area contributed by atoms with Gasteiger partial charge >= 0.3 is 5.97 Å². The number of pyridine rings is 1. The largest absolute Gasteiger partial charge is 0.477 e. The van der Waals surface area contributed by atoms with Crippen LogP contribution in [0.25, 0.3) is 0 Å². The van der Waals surface area contributed by atoms with Crippen molar-refractivity contribution in [1.82, 2.24) is 14.8 Å². The highest BCUT2D eigenvalue weighted by atomic mass is 16.4. The van der Waals surface area contributed by atoms with Crippen molar-refractivity contribution < 1.29 is 9.90 Å². The minimum Gasteiger partial charge on any atom is -0.477 e. The van der Waals surface area contributed by atoms with E-state index in [4.69, 9.17) is 0 Å². The first-order valence-electron chi connectivity index (χ1n) is 7.37. The van der Waals surface area contributed by atoms with Crippen LogP contribution < -0.4 is 0 Å². The lowest BCUT2D eigenvalue weighted by Crippen LogP contribution is -2.36. The first-order chi connectivity index (χ1) is 9.74. The third kappa shape index (κ3) is 2.83. The Hall–Kier alpha value is -1.46. The summed E-state index contributed by atoms with van der Waals surface area (Å²) in [5.74, 6) is -0.932. The zero-order valence-electron chi connectivity index (χ0n) is 11.7. The van der Waals surface area contributed by atoms with Crippen molar-refractivity contribution in [2.45, 2.75) is 31.8 Å². The predicted molar refractivity (Wildman–Crippen MR) is 75.7 cm³/mol. The van der Waals surface area contributed by atoms with Crippen LogP contribution in [0.5, 0.6) is 0 Å². The average Bonchev–Trinajstić information content (AvgIpc) is 2.78. The van der Waals surface area contributed by atoms with Crippen LogP contribution in [0.15, 0.2) is 18.3 Å². The van der Waals surface area contributed by atoms with Gasteiger partial charge in [0.1, 0.15) is 0 Å². The lowest BCUT2D eigenvalue weighted by Gasteiger charge is -2.25. The van der Waals surface area contributed by atoms with Crippen LogP contribution >= 0.6 is 0 Å². The summed E-state index contributed by atoms with van der Waals surface area (Å²) in [5.41, 5.74) is 1.02. The van der Waals surface area contributed by atoms with Gasteiger partial charge in [0.25, 0.3) is 0 Å². The van der Waals surface area contributed by atoms with Gasteiger partial charge in [-0.2, -0.15) is 0 Å². The van der Waals surface area contributed by atoms with Crippen LogP contribution in [0, 0.1) is 0 Å². The molecule has 0 radical (unpaired) electrons. The van der Waals surface area contributed by atoms with Crippen molar-refractivity contribution in [2.24, 2.45) is 0 Å². The molecule has 0 aromatic carbocycles. The Balaban J connectivity index is 1.72. The molecule has 3 heterocycles. The minimum atomic E-state index is -0.932. The molecular weight excluding hydrogens is 254 g/mol. The highest BCUT2D eigenvalue weighted by Crippen LogP contribution is 2.22. The summed E-state index contributed by atoms with van der Waals surface area (Å²) in [6.07, 6.45) is 5.29. The summed E-state index contributed by atoms with van der Waals surface area (Å²) >= 11 is 0. The molecule has 3 rings (SSSR count). The molecule has 0 aliphatic carbocycles. The molecule has 0 saturated carbocycles. The Labute approximate surface area is 119 Å². The number of rotatable bonds is 3. The maximum absolute atomic E-state index is 11.2. The zero-order chi connectivity index (χ0) is 13.9. The van der Waals surface area contributed by atoms with E-state index in [-0.39, 0.29) is 5.69 Å². The van der Waals surface area contributed by atoms with Crippen LogP contribution in [-0.4, -0.2) is 58.1 Å². The fourth-order valence-electron chi connectivity index (χ4n) is 3.43. The van der Waals surface area contributed by atoms with E-state index in [1.165, 1.54) is 32.4 Å². The second-order valence-electron chi connectivity index (χ2n) is 5.74. The molecule has 1 aromatic rings. The van der Waals surface area contributed by atoms with E-state index >= 15 is 0 Å². The number of fused-ring (bicyclic) bond motifs is 1. The molecule has 1 atom stereocenters. The van der Waals surface area contributed by atoms with E-state index < -0.39 is 5.97 Å². The monoisotopic (exact) mass is 275 g/mol. The third-order valence-electron chi connectivity index (χ3n) is 4.38. The first-order valence-corrected chi connectivity index (χ1v) is 7.37. The molecule has 20 heavy (non-hydrogen) atoms. The maximum Gasteiger partial charge on any atom is 0.354 e. The van der Waals surface area contributed by atoms with Gasteiger partial charge in [0.05, 0.1) is 0 Å².